The van der Waals surface area contributed by atoms with Crippen LogP contribution in [0.15, 0.2) is 0 Å². The maximum absolute atomic E-state index is 11.2. The fourth-order valence-corrected chi connectivity index (χ4v) is 2.86. The highest BCUT2D eigenvalue weighted by Gasteiger charge is 2.19. The number of carboxylic acid groups (broad SMARTS) is 1. The van der Waals surface area contributed by atoms with Crippen LogP contribution in [-0.2, 0) is 6.42 Å². The summed E-state index contributed by atoms with van der Waals surface area (Å²) in [5.74, 6) is -0.320. The number of aryl methyl sites for hydroxylation is 1. The van der Waals surface area contributed by atoms with Crippen molar-refractivity contribution in [1.29, 1.82) is 0 Å². The second-order valence-corrected chi connectivity index (χ2v) is 5.74. The molecule has 0 aliphatic carbocycles. The van der Waals surface area contributed by atoms with E-state index in [9.17, 15) is 9.90 Å². The van der Waals surface area contributed by atoms with Gasteiger partial charge in [0.25, 0.3) is 0 Å². The molecule has 4 nitrogen and oxygen atoms in total. The van der Waals surface area contributed by atoms with Gasteiger partial charge in [0.1, 0.15) is 4.88 Å². The van der Waals surface area contributed by atoms with Crippen molar-refractivity contribution in [3.05, 3.63) is 10.6 Å². The average molecular weight is 270 g/mol. The quantitative estimate of drug-likeness (QED) is 0.826. The molecule has 0 aliphatic heterocycles. The number of anilines is 1. The van der Waals surface area contributed by atoms with E-state index in [0.29, 0.717) is 10.8 Å². The summed E-state index contributed by atoms with van der Waals surface area (Å²) >= 11 is 1.30. The smallest absolute Gasteiger partial charge is 0.347 e. The Morgan fingerprint density at radius 3 is 2.56 bits per heavy atom. The highest BCUT2D eigenvalue weighted by molar-refractivity contribution is 7.17. The van der Waals surface area contributed by atoms with E-state index in [1.54, 1.807) is 0 Å². The Labute approximate surface area is 113 Å². The average Bonchev–Trinajstić information content (AvgIpc) is 2.70. The summed E-state index contributed by atoms with van der Waals surface area (Å²) < 4.78 is 0. The third-order valence-corrected chi connectivity index (χ3v) is 3.75. The Balaban J connectivity index is 3.01. The molecular weight excluding hydrogens is 248 g/mol. The van der Waals surface area contributed by atoms with Crippen molar-refractivity contribution in [2.24, 2.45) is 5.92 Å². The van der Waals surface area contributed by atoms with Crippen LogP contribution in [-0.4, -0.2) is 29.1 Å². The zero-order chi connectivity index (χ0) is 13.7. The van der Waals surface area contributed by atoms with Gasteiger partial charge in [0.15, 0.2) is 5.13 Å². The molecule has 5 heteroatoms. The molecule has 0 saturated carbocycles. The van der Waals surface area contributed by atoms with Crippen molar-refractivity contribution in [1.82, 2.24) is 4.98 Å². The van der Waals surface area contributed by atoms with Gasteiger partial charge >= 0.3 is 5.97 Å². The molecule has 1 heterocycles. The molecule has 18 heavy (non-hydrogen) atoms. The number of thiazole rings is 1. The summed E-state index contributed by atoms with van der Waals surface area (Å²) in [4.78, 5) is 18.3. The fourth-order valence-electron chi connectivity index (χ4n) is 1.83. The molecule has 0 spiro atoms. The van der Waals surface area contributed by atoms with Crippen molar-refractivity contribution in [3.8, 4) is 0 Å². The molecule has 102 valence electrons. The first-order valence-electron chi connectivity index (χ1n) is 6.47. The summed E-state index contributed by atoms with van der Waals surface area (Å²) in [6, 6.07) is 0. The molecule has 0 amide bonds. The monoisotopic (exact) mass is 270 g/mol. The minimum absolute atomic E-state index is 0.397. The van der Waals surface area contributed by atoms with Crippen LogP contribution in [0.1, 0.15) is 49.5 Å². The molecule has 0 unspecified atom stereocenters. The zero-order valence-corrected chi connectivity index (χ0v) is 12.4. The van der Waals surface area contributed by atoms with Crippen molar-refractivity contribution in [3.63, 3.8) is 0 Å². The molecule has 1 aromatic rings. The maximum atomic E-state index is 11.2. The van der Waals surface area contributed by atoms with Gasteiger partial charge in [-0.2, -0.15) is 0 Å². The van der Waals surface area contributed by atoms with E-state index in [1.165, 1.54) is 11.3 Å². The second kappa shape index (κ2) is 6.73. The number of hydrogen-bond acceptors (Lipinski definition) is 4. The van der Waals surface area contributed by atoms with Crippen molar-refractivity contribution < 1.29 is 9.90 Å². The normalized spacial score (nSPS) is 10.9. The van der Waals surface area contributed by atoms with Crippen LogP contribution in [0.4, 0.5) is 5.13 Å². The van der Waals surface area contributed by atoms with Crippen LogP contribution in [0.25, 0.3) is 0 Å². The Morgan fingerprint density at radius 1 is 1.44 bits per heavy atom. The molecule has 0 saturated heterocycles. The van der Waals surface area contributed by atoms with E-state index in [0.717, 1.165) is 36.8 Å². The van der Waals surface area contributed by atoms with Crippen LogP contribution < -0.4 is 4.90 Å². The van der Waals surface area contributed by atoms with Crippen LogP contribution in [0.5, 0.6) is 0 Å². The lowest BCUT2D eigenvalue weighted by atomic mass is 10.2. The molecule has 1 N–H and O–H groups in total. The first-order valence-corrected chi connectivity index (χ1v) is 7.29. The van der Waals surface area contributed by atoms with Crippen molar-refractivity contribution in [2.45, 2.75) is 40.5 Å². The van der Waals surface area contributed by atoms with Gasteiger partial charge in [-0.25, -0.2) is 9.78 Å². The third-order valence-electron chi connectivity index (χ3n) is 2.60. The lowest BCUT2D eigenvalue weighted by molar-refractivity contribution is 0.0700. The van der Waals surface area contributed by atoms with Gasteiger partial charge in [0.2, 0.25) is 0 Å². The number of carbonyl (C=O) groups is 1. The van der Waals surface area contributed by atoms with Gasteiger partial charge in [0, 0.05) is 13.1 Å². The number of aromatic nitrogens is 1. The molecule has 0 aromatic carbocycles. The highest BCUT2D eigenvalue weighted by atomic mass is 32.1. The maximum Gasteiger partial charge on any atom is 0.347 e. The molecule has 0 fully saturated rings. The first-order chi connectivity index (χ1) is 8.49. The van der Waals surface area contributed by atoms with Gasteiger partial charge in [0.05, 0.1) is 5.69 Å². The van der Waals surface area contributed by atoms with Crippen LogP contribution in [0, 0.1) is 5.92 Å². The summed E-state index contributed by atoms with van der Waals surface area (Å²) in [6.45, 7) is 10.2. The summed E-state index contributed by atoms with van der Waals surface area (Å²) in [5, 5.41) is 10.0. The summed E-state index contributed by atoms with van der Waals surface area (Å²) in [7, 11) is 0. The van der Waals surface area contributed by atoms with E-state index < -0.39 is 5.97 Å². The van der Waals surface area contributed by atoms with Crippen molar-refractivity contribution in [2.75, 3.05) is 18.0 Å². The van der Waals surface area contributed by atoms with E-state index in [1.807, 2.05) is 6.92 Å². The minimum Gasteiger partial charge on any atom is -0.477 e. The number of hydrogen-bond donors (Lipinski definition) is 1. The molecule has 0 atom stereocenters. The SMILES string of the molecule is CCCc1nc(N(CC)CC(C)C)sc1C(=O)O. The van der Waals surface area contributed by atoms with Crippen LogP contribution in [0.2, 0.25) is 0 Å². The van der Waals surface area contributed by atoms with Gasteiger partial charge < -0.3 is 10.0 Å². The fraction of sp³-hybridized carbons (Fsp3) is 0.692. The largest absolute Gasteiger partial charge is 0.477 e. The molecule has 0 bridgehead atoms. The standard InChI is InChI=1S/C13H22N2O2S/c1-5-7-10-11(12(16)17)18-13(14-10)15(6-2)8-9(3)4/h9H,5-8H2,1-4H3,(H,16,17). The van der Waals surface area contributed by atoms with E-state index >= 15 is 0 Å². The topological polar surface area (TPSA) is 53.4 Å². The Bertz CT molecular complexity index is 402. The number of rotatable bonds is 7. The Morgan fingerprint density at radius 2 is 2.11 bits per heavy atom. The van der Waals surface area contributed by atoms with Crippen LogP contribution in [0.3, 0.4) is 0 Å². The number of nitrogens with zero attached hydrogens (tertiary/aromatic N) is 2. The summed E-state index contributed by atoms with van der Waals surface area (Å²) in [6.07, 6.45) is 1.65. The van der Waals surface area contributed by atoms with Gasteiger partial charge in [-0.15, -0.1) is 0 Å². The van der Waals surface area contributed by atoms with Gasteiger partial charge in [-0.05, 0) is 19.3 Å². The molecular formula is C13H22N2O2S. The molecule has 1 rings (SSSR count). The number of carboxylic acids is 1. The Kier molecular flexibility index (Phi) is 5.59. The molecule has 1 aromatic heterocycles. The lowest BCUT2D eigenvalue weighted by Crippen LogP contribution is -2.27. The minimum atomic E-state index is -0.859. The Hall–Kier alpha value is -1.10. The predicted octanol–water partition coefficient (Wildman–Crippen LogP) is 3.28. The summed E-state index contributed by atoms with van der Waals surface area (Å²) in [5.41, 5.74) is 0.729. The van der Waals surface area contributed by atoms with Gasteiger partial charge in [-0.1, -0.05) is 38.5 Å². The second-order valence-electron chi connectivity index (χ2n) is 4.76. The number of aromatic carboxylic acids is 1. The zero-order valence-electron chi connectivity index (χ0n) is 11.6. The van der Waals surface area contributed by atoms with Crippen molar-refractivity contribution >= 4 is 22.4 Å². The highest BCUT2D eigenvalue weighted by Crippen LogP contribution is 2.27. The predicted molar refractivity (Wildman–Crippen MR) is 75.8 cm³/mol. The van der Waals surface area contributed by atoms with Crippen LogP contribution >= 0.6 is 11.3 Å². The molecule has 0 aliphatic rings. The van der Waals surface area contributed by atoms with E-state index in [2.05, 4.69) is 30.7 Å². The molecule has 0 radical (unpaired) electrons. The third kappa shape index (κ3) is 3.70. The van der Waals surface area contributed by atoms with E-state index in [4.69, 9.17) is 0 Å². The van der Waals surface area contributed by atoms with Gasteiger partial charge in [-0.3, -0.25) is 0 Å². The van der Waals surface area contributed by atoms with E-state index in [-0.39, 0.29) is 0 Å². The first kappa shape index (κ1) is 15.0. The lowest BCUT2D eigenvalue weighted by Gasteiger charge is -2.21.